The molecule has 2 unspecified atom stereocenters. The Morgan fingerprint density at radius 2 is 2.00 bits per heavy atom. The number of aromatic nitrogens is 2. The van der Waals surface area contributed by atoms with Crippen molar-refractivity contribution in [3.63, 3.8) is 0 Å². The monoisotopic (exact) mass is 281 g/mol. The van der Waals surface area contributed by atoms with Crippen molar-refractivity contribution in [3.05, 3.63) is 12.0 Å². The third kappa shape index (κ3) is 3.17. The lowest BCUT2D eigenvalue weighted by Gasteiger charge is -2.42. The number of hydrogen-bond donors (Lipinski definition) is 1. The molecule has 1 aliphatic rings. The first-order valence-corrected chi connectivity index (χ1v) is 7.26. The molecule has 1 aromatic heterocycles. The topological polar surface area (TPSA) is 44.3 Å². The number of hydrogen-bond acceptors (Lipinski definition) is 5. The van der Waals surface area contributed by atoms with Gasteiger partial charge in [0.1, 0.15) is 0 Å². The van der Waals surface area contributed by atoms with Gasteiger partial charge in [-0.05, 0) is 27.3 Å². The smallest absolute Gasteiger partial charge is 0.224 e. The number of nitrogens with zero attached hydrogens (tertiary/aromatic N) is 4. The molecule has 5 nitrogen and oxygen atoms in total. The second kappa shape index (κ2) is 6.35. The van der Waals surface area contributed by atoms with Crippen molar-refractivity contribution < 1.29 is 4.39 Å². The van der Waals surface area contributed by atoms with Crippen LogP contribution >= 0.6 is 0 Å². The average Bonchev–Trinajstić information content (AvgIpc) is 2.43. The lowest BCUT2D eigenvalue weighted by Crippen LogP contribution is -2.55. The van der Waals surface area contributed by atoms with Gasteiger partial charge in [0.15, 0.2) is 11.6 Å². The molecule has 1 saturated heterocycles. The second-order valence-corrected chi connectivity index (χ2v) is 5.56. The zero-order chi connectivity index (χ0) is 14.7. The Hall–Kier alpha value is -1.43. The van der Waals surface area contributed by atoms with E-state index < -0.39 is 0 Å². The molecule has 1 fully saturated rings. The maximum atomic E-state index is 14.0. The van der Waals surface area contributed by atoms with Crippen LogP contribution in [0.1, 0.15) is 27.2 Å². The van der Waals surface area contributed by atoms with Gasteiger partial charge in [0.05, 0.1) is 6.20 Å². The molecule has 0 radical (unpaired) electrons. The molecule has 2 heterocycles. The average molecular weight is 281 g/mol. The zero-order valence-electron chi connectivity index (χ0n) is 12.7. The van der Waals surface area contributed by atoms with Crippen LogP contribution in [0.15, 0.2) is 6.20 Å². The Kier molecular flexibility index (Phi) is 4.75. The van der Waals surface area contributed by atoms with Gasteiger partial charge in [-0.1, -0.05) is 6.92 Å². The highest BCUT2D eigenvalue weighted by atomic mass is 19.1. The predicted octanol–water partition coefficient (Wildman–Crippen LogP) is 1.97. The molecule has 112 valence electrons. The first-order valence-electron chi connectivity index (χ1n) is 7.26. The standard InChI is InChI=1S/C14H24FN5/c1-5-6-16-14-17-7-12(15)13(18-14)20-8-10(2)19(4)11(3)9-20/h7,10-11H,5-6,8-9H2,1-4H3,(H,16,17,18). The third-order valence-corrected chi connectivity index (χ3v) is 3.92. The maximum Gasteiger partial charge on any atom is 0.224 e. The van der Waals surface area contributed by atoms with Crippen LogP contribution in [0.4, 0.5) is 16.2 Å². The molecule has 20 heavy (non-hydrogen) atoms. The van der Waals surface area contributed by atoms with Gasteiger partial charge in [-0.15, -0.1) is 0 Å². The van der Waals surface area contributed by atoms with E-state index in [1.165, 1.54) is 6.20 Å². The van der Waals surface area contributed by atoms with E-state index in [0.717, 1.165) is 26.1 Å². The summed E-state index contributed by atoms with van der Waals surface area (Å²) in [5.41, 5.74) is 0. The van der Waals surface area contributed by atoms with Crippen LogP contribution in [0.2, 0.25) is 0 Å². The molecule has 0 saturated carbocycles. The molecular weight excluding hydrogens is 257 g/mol. The highest BCUT2D eigenvalue weighted by Gasteiger charge is 2.28. The number of nitrogens with one attached hydrogen (secondary N) is 1. The van der Waals surface area contributed by atoms with Crippen molar-refractivity contribution in [3.8, 4) is 0 Å². The molecule has 0 bridgehead atoms. The summed E-state index contributed by atoms with van der Waals surface area (Å²) in [5, 5.41) is 3.11. The molecule has 0 spiro atoms. The van der Waals surface area contributed by atoms with E-state index in [9.17, 15) is 4.39 Å². The van der Waals surface area contributed by atoms with Crippen LogP contribution in [-0.4, -0.2) is 53.6 Å². The van der Waals surface area contributed by atoms with Crippen molar-refractivity contribution in [2.45, 2.75) is 39.3 Å². The Balaban J connectivity index is 2.18. The van der Waals surface area contributed by atoms with Gasteiger partial charge in [-0.3, -0.25) is 4.90 Å². The summed E-state index contributed by atoms with van der Waals surface area (Å²) in [6, 6.07) is 0.750. The molecular formula is C14H24FN5. The van der Waals surface area contributed by atoms with Crippen LogP contribution in [-0.2, 0) is 0 Å². The lowest BCUT2D eigenvalue weighted by molar-refractivity contribution is 0.169. The summed E-state index contributed by atoms with van der Waals surface area (Å²) in [6.07, 6.45) is 2.24. The molecule has 1 N–H and O–H groups in total. The SMILES string of the molecule is CCCNc1ncc(F)c(N2CC(C)N(C)C(C)C2)n1. The van der Waals surface area contributed by atoms with E-state index in [0.29, 0.717) is 23.8 Å². The Morgan fingerprint density at radius 3 is 2.60 bits per heavy atom. The van der Waals surface area contributed by atoms with Crippen LogP contribution in [0.25, 0.3) is 0 Å². The summed E-state index contributed by atoms with van der Waals surface area (Å²) in [6.45, 7) is 8.72. The first-order chi connectivity index (χ1) is 9.52. The molecule has 1 aliphatic heterocycles. The Morgan fingerprint density at radius 1 is 1.35 bits per heavy atom. The second-order valence-electron chi connectivity index (χ2n) is 5.56. The molecule has 0 aromatic carbocycles. The van der Waals surface area contributed by atoms with Gasteiger partial charge in [-0.2, -0.15) is 4.98 Å². The van der Waals surface area contributed by atoms with E-state index in [4.69, 9.17) is 0 Å². The van der Waals surface area contributed by atoms with Crippen molar-refractivity contribution in [2.75, 3.05) is 36.9 Å². The fourth-order valence-electron chi connectivity index (χ4n) is 2.48. The van der Waals surface area contributed by atoms with Crippen LogP contribution in [0, 0.1) is 5.82 Å². The van der Waals surface area contributed by atoms with Crippen LogP contribution in [0.5, 0.6) is 0 Å². The minimum Gasteiger partial charge on any atom is -0.354 e. The summed E-state index contributed by atoms with van der Waals surface area (Å²) in [7, 11) is 2.11. The summed E-state index contributed by atoms with van der Waals surface area (Å²) in [5.74, 6) is 0.559. The van der Waals surface area contributed by atoms with E-state index in [1.807, 2.05) is 4.90 Å². The summed E-state index contributed by atoms with van der Waals surface area (Å²) >= 11 is 0. The molecule has 6 heteroatoms. The van der Waals surface area contributed by atoms with Gasteiger partial charge in [0, 0.05) is 31.7 Å². The molecule has 2 rings (SSSR count). The number of halogens is 1. The zero-order valence-corrected chi connectivity index (χ0v) is 12.7. The normalized spacial score (nSPS) is 23.9. The summed E-state index contributed by atoms with van der Waals surface area (Å²) < 4.78 is 14.0. The van der Waals surface area contributed by atoms with E-state index in [1.54, 1.807) is 0 Å². The van der Waals surface area contributed by atoms with Crippen LogP contribution in [0.3, 0.4) is 0 Å². The number of rotatable bonds is 4. The molecule has 0 amide bonds. The minimum absolute atomic E-state index is 0.351. The predicted molar refractivity (Wildman–Crippen MR) is 79.7 cm³/mol. The number of piperazine rings is 1. The lowest BCUT2D eigenvalue weighted by atomic mass is 10.1. The van der Waals surface area contributed by atoms with Gasteiger partial charge in [0.25, 0.3) is 0 Å². The van der Waals surface area contributed by atoms with Crippen molar-refractivity contribution >= 4 is 11.8 Å². The minimum atomic E-state index is -0.351. The van der Waals surface area contributed by atoms with Gasteiger partial charge >= 0.3 is 0 Å². The summed E-state index contributed by atoms with van der Waals surface area (Å²) in [4.78, 5) is 12.7. The largest absolute Gasteiger partial charge is 0.354 e. The highest BCUT2D eigenvalue weighted by molar-refractivity contribution is 5.44. The van der Waals surface area contributed by atoms with Crippen molar-refractivity contribution in [1.29, 1.82) is 0 Å². The van der Waals surface area contributed by atoms with E-state index >= 15 is 0 Å². The molecule has 0 aliphatic carbocycles. The molecule has 2 atom stereocenters. The first kappa shape index (κ1) is 15.0. The maximum absolute atomic E-state index is 14.0. The number of likely N-dealkylation sites (N-methyl/N-ethyl adjacent to an activating group) is 1. The van der Waals surface area contributed by atoms with Crippen LogP contribution < -0.4 is 10.2 Å². The third-order valence-electron chi connectivity index (χ3n) is 3.92. The van der Waals surface area contributed by atoms with Crippen molar-refractivity contribution in [1.82, 2.24) is 14.9 Å². The van der Waals surface area contributed by atoms with Gasteiger partial charge < -0.3 is 10.2 Å². The van der Waals surface area contributed by atoms with Crippen molar-refractivity contribution in [2.24, 2.45) is 0 Å². The fraction of sp³-hybridized carbons (Fsp3) is 0.714. The Labute approximate surface area is 120 Å². The quantitative estimate of drug-likeness (QED) is 0.914. The fourth-order valence-corrected chi connectivity index (χ4v) is 2.48. The molecule has 1 aromatic rings. The van der Waals surface area contributed by atoms with Gasteiger partial charge in [-0.25, -0.2) is 9.37 Å². The number of anilines is 2. The van der Waals surface area contributed by atoms with E-state index in [-0.39, 0.29) is 5.82 Å². The Bertz CT molecular complexity index is 441. The van der Waals surface area contributed by atoms with E-state index in [2.05, 4.69) is 48.0 Å². The van der Waals surface area contributed by atoms with Gasteiger partial charge in [0.2, 0.25) is 5.95 Å². The highest BCUT2D eigenvalue weighted by Crippen LogP contribution is 2.22.